The van der Waals surface area contributed by atoms with Gasteiger partial charge < -0.3 is 10.1 Å². The Labute approximate surface area is 183 Å². The van der Waals surface area contributed by atoms with Crippen LogP contribution in [0.5, 0.6) is 5.88 Å². The largest absolute Gasteiger partial charge is 0.481 e. The quantitative estimate of drug-likeness (QED) is 0.722. The molecule has 1 unspecified atom stereocenters. The molecule has 2 heterocycles. The van der Waals surface area contributed by atoms with E-state index in [1.165, 1.54) is 11.8 Å². The molecule has 1 atom stereocenters. The molecule has 9 heteroatoms. The molecule has 1 N–H and O–H groups in total. The number of amidine groups is 1. The minimum Gasteiger partial charge on any atom is -0.481 e. The molecular formula is C21H21ClN4O3S. The lowest BCUT2D eigenvalue weighted by molar-refractivity contribution is -0.128. The third-order valence-corrected chi connectivity index (χ3v) is 6.42. The number of halogens is 1. The fourth-order valence-electron chi connectivity index (χ4n) is 3.08. The Morgan fingerprint density at radius 3 is 2.80 bits per heavy atom. The summed E-state index contributed by atoms with van der Waals surface area (Å²) in [6, 6.07) is 9.02. The van der Waals surface area contributed by atoms with Crippen molar-refractivity contribution in [3.8, 4) is 5.88 Å². The van der Waals surface area contributed by atoms with Gasteiger partial charge in [0, 0.05) is 29.2 Å². The zero-order chi connectivity index (χ0) is 21.3. The number of thioether (sulfide) groups is 1. The molecule has 156 valence electrons. The van der Waals surface area contributed by atoms with Crippen molar-refractivity contribution in [3.63, 3.8) is 0 Å². The smallest absolute Gasteiger partial charge is 0.242 e. The van der Waals surface area contributed by atoms with Crippen molar-refractivity contribution < 1.29 is 14.3 Å². The molecule has 1 aliphatic carbocycles. The molecule has 1 aromatic heterocycles. The molecule has 0 spiro atoms. The van der Waals surface area contributed by atoms with Gasteiger partial charge in [-0.1, -0.05) is 29.4 Å². The van der Waals surface area contributed by atoms with Crippen molar-refractivity contribution in [1.82, 2.24) is 9.88 Å². The van der Waals surface area contributed by atoms with Crippen molar-refractivity contribution in [1.29, 1.82) is 0 Å². The van der Waals surface area contributed by atoms with Crippen LogP contribution in [0.15, 0.2) is 41.5 Å². The fraction of sp³-hybridized carbons (Fsp3) is 0.333. The summed E-state index contributed by atoms with van der Waals surface area (Å²) in [6.45, 7) is 1.90. The Balaban J connectivity index is 1.47. The number of rotatable bonds is 6. The number of amides is 2. The number of anilines is 1. The predicted octanol–water partition coefficient (Wildman–Crippen LogP) is 4.17. The molecule has 2 aromatic rings. The van der Waals surface area contributed by atoms with Crippen LogP contribution in [0.4, 0.5) is 11.4 Å². The molecule has 1 aromatic carbocycles. The zero-order valence-corrected chi connectivity index (χ0v) is 18.2. The lowest BCUT2D eigenvalue weighted by Gasteiger charge is -2.15. The van der Waals surface area contributed by atoms with Gasteiger partial charge in [-0.15, -0.1) is 0 Å². The van der Waals surface area contributed by atoms with Crippen molar-refractivity contribution in [2.45, 2.75) is 37.5 Å². The first-order chi connectivity index (χ1) is 14.4. The van der Waals surface area contributed by atoms with E-state index in [2.05, 4.69) is 15.3 Å². The van der Waals surface area contributed by atoms with E-state index in [0.29, 0.717) is 27.4 Å². The number of benzene rings is 1. The summed E-state index contributed by atoms with van der Waals surface area (Å²) in [4.78, 5) is 36.0. The summed E-state index contributed by atoms with van der Waals surface area (Å²) in [5, 5.41) is 3.52. The van der Waals surface area contributed by atoms with E-state index in [4.69, 9.17) is 16.3 Å². The second kappa shape index (κ2) is 8.65. The summed E-state index contributed by atoms with van der Waals surface area (Å²) < 4.78 is 5.07. The number of aliphatic imine (C=N–C) groups is 1. The predicted molar refractivity (Wildman–Crippen MR) is 119 cm³/mol. The molecule has 7 nitrogen and oxygen atoms in total. The van der Waals surface area contributed by atoms with Gasteiger partial charge in [0.15, 0.2) is 5.17 Å². The number of carbonyl (C=O) groups excluding carboxylic acids is 2. The topological polar surface area (TPSA) is 83.9 Å². The van der Waals surface area contributed by atoms with Crippen LogP contribution in [0.3, 0.4) is 0 Å². The molecule has 2 amide bonds. The summed E-state index contributed by atoms with van der Waals surface area (Å²) in [5.41, 5.74) is 2.18. The summed E-state index contributed by atoms with van der Waals surface area (Å²) in [7, 11) is 1.55. The monoisotopic (exact) mass is 444 g/mol. The normalized spacial score (nSPS) is 20.0. The highest BCUT2D eigenvalue weighted by molar-refractivity contribution is 8.15. The summed E-state index contributed by atoms with van der Waals surface area (Å²) in [6.07, 6.45) is 3.57. The van der Waals surface area contributed by atoms with Crippen molar-refractivity contribution in [3.05, 3.63) is 47.1 Å². The SMILES string of the molecule is COc1ccc(N=C2SC(CC(=O)Nc3ccc(C)c(Cl)c3)C(=O)N2C2CC2)cn1. The van der Waals surface area contributed by atoms with E-state index < -0.39 is 5.25 Å². The van der Waals surface area contributed by atoms with Gasteiger partial charge in [-0.25, -0.2) is 9.98 Å². The summed E-state index contributed by atoms with van der Waals surface area (Å²) in [5.74, 6) is 0.197. The first-order valence-corrected chi connectivity index (χ1v) is 10.8. The number of hydrogen-bond acceptors (Lipinski definition) is 6. The molecular weight excluding hydrogens is 424 g/mol. The van der Waals surface area contributed by atoms with Gasteiger partial charge in [-0.05, 0) is 43.5 Å². The van der Waals surface area contributed by atoms with Gasteiger partial charge in [-0.2, -0.15) is 0 Å². The minimum atomic E-state index is -0.503. The minimum absolute atomic E-state index is 0.0676. The average molecular weight is 445 g/mol. The second-order valence-corrected chi connectivity index (χ2v) is 8.79. The third-order valence-electron chi connectivity index (χ3n) is 4.86. The van der Waals surface area contributed by atoms with E-state index in [0.717, 1.165) is 18.4 Å². The third kappa shape index (κ3) is 4.60. The number of carbonyl (C=O) groups is 2. The fourth-order valence-corrected chi connectivity index (χ4v) is 4.48. The number of hydrogen-bond donors (Lipinski definition) is 1. The second-order valence-electron chi connectivity index (χ2n) is 7.22. The van der Waals surface area contributed by atoms with Gasteiger partial charge in [0.25, 0.3) is 0 Å². The molecule has 0 bridgehead atoms. The number of pyridine rings is 1. The first kappa shape index (κ1) is 20.7. The van der Waals surface area contributed by atoms with Crippen LogP contribution in [0.2, 0.25) is 5.02 Å². The van der Waals surface area contributed by atoms with E-state index in [9.17, 15) is 9.59 Å². The Bertz CT molecular complexity index is 1010. The Morgan fingerprint density at radius 1 is 1.37 bits per heavy atom. The van der Waals surface area contributed by atoms with E-state index in [-0.39, 0.29) is 24.3 Å². The maximum absolute atomic E-state index is 13.0. The number of aryl methyl sites for hydroxylation is 1. The maximum Gasteiger partial charge on any atom is 0.242 e. The van der Waals surface area contributed by atoms with Gasteiger partial charge >= 0.3 is 0 Å². The van der Waals surface area contributed by atoms with Crippen molar-refractivity contribution >= 4 is 51.7 Å². The molecule has 4 rings (SSSR count). The van der Waals surface area contributed by atoms with E-state index in [1.54, 1.807) is 42.5 Å². The Morgan fingerprint density at radius 2 is 2.17 bits per heavy atom. The summed E-state index contributed by atoms with van der Waals surface area (Å²) >= 11 is 7.45. The van der Waals surface area contributed by atoms with Crippen LogP contribution in [0.25, 0.3) is 0 Å². The first-order valence-electron chi connectivity index (χ1n) is 9.59. The van der Waals surface area contributed by atoms with Gasteiger partial charge in [0.1, 0.15) is 5.25 Å². The standard InChI is InChI=1S/C21H21ClN4O3S/c1-12-3-4-13(9-16(12)22)24-18(27)10-17-20(28)26(15-6-7-15)21(30-17)25-14-5-8-19(29-2)23-11-14/h3-5,8-9,11,15,17H,6-7,10H2,1-2H3,(H,24,27). The number of nitrogens with zero attached hydrogens (tertiary/aromatic N) is 3. The van der Waals surface area contributed by atoms with Crippen molar-refractivity contribution in [2.75, 3.05) is 12.4 Å². The van der Waals surface area contributed by atoms with Crippen LogP contribution in [0, 0.1) is 6.92 Å². The van der Waals surface area contributed by atoms with Crippen LogP contribution in [-0.4, -0.2) is 45.3 Å². The number of aromatic nitrogens is 1. The van der Waals surface area contributed by atoms with Gasteiger partial charge in [0.2, 0.25) is 17.7 Å². The van der Waals surface area contributed by atoms with E-state index in [1.807, 2.05) is 13.0 Å². The maximum atomic E-state index is 13.0. The highest BCUT2D eigenvalue weighted by Crippen LogP contribution is 2.39. The van der Waals surface area contributed by atoms with Crippen LogP contribution >= 0.6 is 23.4 Å². The van der Waals surface area contributed by atoms with Crippen molar-refractivity contribution in [2.24, 2.45) is 4.99 Å². The van der Waals surface area contributed by atoms with Gasteiger partial charge in [-0.3, -0.25) is 14.5 Å². The Kier molecular flexibility index (Phi) is 5.97. The lowest BCUT2D eigenvalue weighted by atomic mass is 10.2. The lowest BCUT2D eigenvalue weighted by Crippen LogP contribution is -2.35. The molecule has 2 aliphatic rings. The van der Waals surface area contributed by atoms with Crippen LogP contribution < -0.4 is 10.1 Å². The molecule has 30 heavy (non-hydrogen) atoms. The highest BCUT2D eigenvalue weighted by atomic mass is 35.5. The highest BCUT2D eigenvalue weighted by Gasteiger charge is 2.46. The zero-order valence-electron chi connectivity index (χ0n) is 16.6. The number of methoxy groups -OCH3 is 1. The average Bonchev–Trinajstić information content (AvgIpc) is 3.51. The molecule has 1 saturated carbocycles. The van der Waals surface area contributed by atoms with Crippen LogP contribution in [0.1, 0.15) is 24.8 Å². The number of nitrogens with one attached hydrogen (secondary N) is 1. The van der Waals surface area contributed by atoms with Crippen LogP contribution in [-0.2, 0) is 9.59 Å². The van der Waals surface area contributed by atoms with Gasteiger partial charge in [0.05, 0.1) is 19.0 Å². The molecule has 1 saturated heterocycles. The van der Waals surface area contributed by atoms with E-state index >= 15 is 0 Å². The molecule has 2 fully saturated rings. The molecule has 0 radical (unpaired) electrons. The molecule has 1 aliphatic heterocycles. The number of ether oxygens (including phenoxy) is 1. The Hall–Kier alpha value is -2.58.